The monoisotopic (exact) mass is 274 g/mol. The SMILES string of the molecule is CCCCN1CCC(NCc2c(C)cccc2C)CC1. The fourth-order valence-corrected chi connectivity index (χ4v) is 3.12. The molecule has 0 saturated carbocycles. The molecule has 0 amide bonds. The Labute approximate surface area is 124 Å². The topological polar surface area (TPSA) is 15.3 Å². The molecule has 0 unspecified atom stereocenters. The summed E-state index contributed by atoms with van der Waals surface area (Å²) in [6.07, 6.45) is 5.26. The molecule has 112 valence electrons. The Morgan fingerprint density at radius 1 is 1.15 bits per heavy atom. The van der Waals surface area contributed by atoms with Gasteiger partial charge in [-0.25, -0.2) is 0 Å². The molecule has 0 bridgehead atoms. The first-order chi connectivity index (χ1) is 9.70. The summed E-state index contributed by atoms with van der Waals surface area (Å²) >= 11 is 0. The van der Waals surface area contributed by atoms with Gasteiger partial charge in [0.1, 0.15) is 0 Å². The maximum absolute atomic E-state index is 3.77. The molecule has 1 aliphatic heterocycles. The van der Waals surface area contributed by atoms with E-state index in [0.717, 1.165) is 6.54 Å². The lowest BCUT2D eigenvalue weighted by atomic mass is 10.0. The van der Waals surface area contributed by atoms with E-state index in [2.05, 4.69) is 49.2 Å². The van der Waals surface area contributed by atoms with Crippen molar-refractivity contribution in [3.63, 3.8) is 0 Å². The van der Waals surface area contributed by atoms with E-state index < -0.39 is 0 Å². The zero-order chi connectivity index (χ0) is 14.4. The van der Waals surface area contributed by atoms with Crippen molar-refractivity contribution in [2.45, 2.75) is 59.0 Å². The second-order valence-electron chi connectivity index (χ2n) is 6.22. The van der Waals surface area contributed by atoms with Gasteiger partial charge in [0, 0.05) is 12.6 Å². The number of unbranched alkanes of at least 4 members (excludes halogenated alkanes) is 1. The van der Waals surface area contributed by atoms with Crippen molar-refractivity contribution in [2.75, 3.05) is 19.6 Å². The number of aryl methyl sites for hydroxylation is 2. The summed E-state index contributed by atoms with van der Waals surface area (Å²) in [5.74, 6) is 0. The molecule has 2 heteroatoms. The Balaban J connectivity index is 1.76. The van der Waals surface area contributed by atoms with Crippen molar-refractivity contribution < 1.29 is 0 Å². The lowest BCUT2D eigenvalue weighted by Crippen LogP contribution is -2.42. The number of hydrogen-bond acceptors (Lipinski definition) is 2. The van der Waals surface area contributed by atoms with Crippen molar-refractivity contribution in [3.05, 3.63) is 34.9 Å². The van der Waals surface area contributed by atoms with E-state index >= 15 is 0 Å². The van der Waals surface area contributed by atoms with Crippen molar-refractivity contribution >= 4 is 0 Å². The van der Waals surface area contributed by atoms with Crippen LogP contribution in [-0.2, 0) is 6.54 Å². The third kappa shape index (κ3) is 4.32. The normalized spacial score (nSPS) is 17.6. The average molecular weight is 274 g/mol. The minimum atomic E-state index is 0.701. The highest BCUT2D eigenvalue weighted by Gasteiger charge is 2.18. The Bertz CT molecular complexity index is 386. The third-order valence-corrected chi connectivity index (χ3v) is 4.63. The number of hydrogen-bond donors (Lipinski definition) is 1. The van der Waals surface area contributed by atoms with Crippen LogP contribution in [0.15, 0.2) is 18.2 Å². The van der Waals surface area contributed by atoms with Gasteiger partial charge in [0.2, 0.25) is 0 Å². The molecule has 2 nitrogen and oxygen atoms in total. The lowest BCUT2D eigenvalue weighted by molar-refractivity contribution is 0.195. The van der Waals surface area contributed by atoms with E-state index in [9.17, 15) is 0 Å². The van der Waals surface area contributed by atoms with E-state index in [1.165, 1.54) is 62.0 Å². The van der Waals surface area contributed by atoms with Crippen molar-refractivity contribution in [2.24, 2.45) is 0 Å². The quantitative estimate of drug-likeness (QED) is 0.851. The number of piperidine rings is 1. The van der Waals surface area contributed by atoms with Crippen LogP contribution in [0.5, 0.6) is 0 Å². The van der Waals surface area contributed by atoms with Gasteiger partial charge in [-0.05, 0) is 69.4 Å². The number of likely N-dealkylation sites (tertiary alicyclic amines) is 1. The molecule has 1 fully saturated rings. The predicted molar refractivity (Wildman–Crippen MR) is 87.1 cm³/mol. The van der Waals surface area contributed by atoms with Gasteiger partial charge in [-0.3, -0.25) is 0 Å². The molecule has 20 heavy (non-hydrogen) atoms. The molecule has 1 saturated heterocycles. The van der Waals surface area contributed by atoms with E-state index in [1.54, 1.807) is 0 Å². The number of nitrogens with one attached hydrogen (secondary N) is 1. The second-order valence-corrected chi connectivity index (χ2v) is 6.22. The van der Waals surface area contributed by atoms with E-state index in [-0.39, 0.29) is 0 Å². The summed E-state index contributed by atoms with van der Waals surface area (Å²) in [6, 6.07) is 7.29. The molecule has 2 rings (SSSR count). The first-order valence-corrected chi connectivity index (χ1v) is 8.21. The van der Waals surface area contributed by atoms with Crippen LogP contribution < -0.4 is 5.32 Å². The fraction of sp³-hybridized carbons (Fsp3) is 0.667. The van der Waals surface area contributed by atoms with Crippen molar-refractivity contribution in [1.29, 1.82) is 0 Å². The molecule has 0 atom stereocenters. The van der Waals surface area contributed by atoms with Crippen LogP contribution in [-0.4, -0.2) is 30.6 Å². The molecule has 0 radical (unpaired) electrons. The van der Waals surface area contributed by atoms with E-state index in [4.69, 9.17) is 0 Å². The maximum atomic E-state index is 3.77. The smallest absolute Gasteiger partial charge is 0.0213 e. The number of nitrogens with zero attached hydrogens (tertiary/aromatic N) is 1. The molecule has 1 aliphatic rings. The molecule has 1 aromatic carbocycles. The van der Waals surface area contributed by atoms with E-state index in [1.807, 2.05) is 0 Å². The average Bonchev–Trinajstić information content (AvgIpc) is 2.46. The first kappa shape index (κ1) is 15.5. The van der Waals surface area contributed by atoms with Gasteiger partial charge >= 0.3 is 0 Å². The minimum absolute atomic E-state index is 0.701. The molecule has 0 aromatic heterocycles. The highest BCUT2D eigenvalue weighted by atomic mass is 15.1. The van der Waals surface area contributed by atoms with Crippen molar-refractivity contribution in [1.82, 2.24) is 10.2 Å². The Morgan fingerprint density at radius 3 is 2.40 bits per heavy atom. The molecule has 1 heterocycles. The molecule has 0 aliphatic carbocycles. The number of rotatable bonds is 6. The summed E-state index contributed by atoms with van der Waals surface area (Å²) in [5.41, 5.74) is 4.32. The lowest BCUT2D eigenvalue weighted by Gasteiger charge is -2.32. The van der Waals surface area contributed by atoms with Crippen LogP contribution in [0, 0.1) is 13.8 Å². The third-order valence-electron chi connectivity index (χ3n) is 4.63. The summed E-state index contributed by atoms with van der Waals surface area (Å²) < 4.78 is 0. The van der Waals surface area contributed by atoms with Crippen LogP contribution in [0.1, 0.15) is 49.3 Å². The van der Waals surface area contributed by atoms with Crippen molar-refractivity contribution in [3.8, 4) is 0 Å². The number of benzene rings is 1. The van der Waals surface area contributed by atoms with Crippen LogP contribution in [0.3, 0.4) is 0 Å². The molecular weight excluding hydrogens is 244 g/mol. The van der Waals surface area contributed by atoms with Crippen LogP contribution in [0.4, 0.5) is 0 Å². The fourth-order valence-electron chi connectivity index (χ4n) is 3.12. The Hall–Kier alpha value is -0.860. The zero-order valence-corrected chi connectivity index (χ0v) is 13.4. The van der Waals surface area contributed by atoms with Gasteiger partial charge in [-0.2, -0.15) is 0 Å². The zero-order valence-electron chi connectivity index (χ0n) is 13.4. The van der Waals surface area contributed by atoms with Gasteiger partial charge < -0.3 is 10.2 Å². The first-order valence-electron chi connectivity index (χ1n) is 8.21. The van der Waals surface area contributed by atoms with Gasteiger partial charge in [0.05, 0.1) is 0 Å². The van der Waals surface area contributed by atoms with Gasteiger partial charge in [0.25, 0.3) is 0 Å². The van der Waals surface area contributed by atoms with E-state index in [0.29, 0.717) is 6.04 Å². The Morgan fingerprint density at radius 2 is 1.80 bits per heavy atom. The van der Waals surface area contributed by atoms with Crippen LogP contribution in [0.25, 0.3) is 0 Å². The summed E-state index contributed by atoms with van der Waals surface area (Å²) in [5, 5.41) is 3.77. The molecule has 1 aromatic rings. The summed E-state index contributed by atoms with van der Waals surface area (Å²) in [7, 11) is 0. The molecular formula is C18H30N2. The largest absolute Gasteiger partial charge is 0.310 e. The minimum Gasteiger partial charge on any atom is -0.310 e. The van der Waals surface area contributed by atoms with Crippen LogP contribution >= 0.6 is 0 Å². The summed E-state index contributed by atoms with van der Waals surface area (Å²) in [6.45, 7) is 11.6. The summed E-state index contributed by atoms with van der Waals surface area (Å²) in [4.78, 5) is 2.63. The van der Waals surface area contributed by atoms with Gasteiger partial charge in [0.15, 0.2) is 0 Å². The van der Waals surface area contributed by atoms with Gasteiger partial charge in [-0.1, -0.05) is 31.5 Å². The van der Waals surface area contributed by atoms with Gasteiger partial charge in [-0.15, -0.1) is 0 Å². The molecule has 0 spiro atoms. The Kier molecular flexibility index (Phi) is 6.06. The van der Waals surface area contributed by atoms with Crippen LogP contribution in [0.2, 0.25) is 0 Å². The second kappa shape index (κ2) is 7.80. The highest BCUT2D eigenvalue weighted by molar-refractivity contribution is 5.33. The standard InChI is InChI=1S/C18H30N2/c1-4-5-11-20-12-9-17(10-13-20)19-14-18-15(2)7-6-8-16(18)3/h6-8,17,19H,4-5,9-14H2,1-3H3. The maximum Gasteiger partial charge on any atom is 0.0213 e. The molecule has 1 N–H and O–H groups in total. The highest BCUT2D eigenvalue weighted by Crippen LogP contribution is 2.15. The predicted octanol–water partition coefficient (Wildman–Crippen LogP) is 3.66.